The minimum atomic E-state index is -0.276. The van der Waals surface area contributed by atoms with E-state index in [1.54, 1.807) is 72.8 Å². The summed E-state index contributed by atoms with van der Waals surface area (Å²) in [6.45, 7) is 0. The van der Waals surface area contributed by atoms with Crippen molar-refractivity contribution in [3.8, 4) is 0 Å². The molecule has 12 nitrogen and oxygen atoms in total. The monoisotopic (exact) mass is 948 g/mol. The number of carbonyl (C=O) groups is 6. The predicted molar refractivity (Wildman–Crippen MR) is 288 cm³/mol. The molecule has 0 saturated carbocycles. The van der Waals surface area contributed by atoms with Crippen LogP contribution in [0, 0.1) is 0 Å². The molecule has 3 aliphatic rings. The standard InChI is InChI=1S/3C20H16N2O2/c3*1-21(2)14-9-11-15(12-10-14)22-19(23)16-7-3-5-13-6-4-8-17(18(13)16)20(22)24/h3*3-12H,1-2H3. The van der Waals surface area contributed by atoms with Crippen LogP contribution in [-0.2, 0) is 0 Å². The zero-order chi connectivity index (χ0) is 50.5. The molecule has 72 heavy (non-hydrogen) atoms. The highest BCUT2D eigenvalue weighted by Gasteiger charge is 2.36. The fraction of sp³-hybridized carbons (Fsp3) is 0.100. The molecule has 0 bridgehead atoms. The highest BCUT2D eigenvalue weighted by Crippen LogP contribution is 2.36. The maximum Gasteiger partial charge on any atom is 0.265 e. The molecule has 3 heterocycles. The van der Waals surface area contributed by atoms with Gasteiger partial charge in [0.15, 0.2) is 0 Å². The molecule has 12 rings (SSSR count). The molecule has 0 saturated heterocycles. The molecule has 9 aromatic rings. The van der Waals surface area contributed by atoms with Crippen molar-refractivity contribution in [2.45, 2.75) is 0 Å². The maximum absolute atomic E-state index is 12.9. The number of hydrogen-bond donors (Lipinski definition) is 0. The van der Waals surface area contributed by atoms with Crippen LogP contribution in [0.1, 0.15) is 62.1 Å². The van der Waals surface area contributed by atoms with Gasteiger partial charge in [0.1, 0.15) is 0 Å². The summed E-state index contributed by atoms with van der Waals surface area (Å²) >= 11 is 0. The molecule has 0 radical (unpaired) electrons. The Bertz CT molecular complexity index is 3160. The van der Waals surface area contributed by atoms with E-state index < -0.39 is 0 Å². The molecule has 3 aliphatic heterocycles. The zero-order valence-electron chi connectivity index (χ0n) is 40.5. The Morgan fingerprint density at radius 2 is 0.431 bits per heavy atom. The Morgan fingerprint density at radius 1 is 0.250 bits per heavy atom. The molecular formula is C60H48N6O6. The van der Waals surface area contributed by atoms with Crippen LogP contribution in [0.4, 0.5) is 34.1 Å². The van der Waals surface area contributed by atoms with E-state index in [2.05, 4.69) is 0 Å². The minimum absolute atomic E-state index is 0.276. The quantitative estimate of drug-likeness (QED) is 0.150. The second kappa shape index (κ2) is 18.5. The smallest absolute Gasteiger partial charge is 0.265 e. The van der Waals surface area contributed by atoms with Crippen molar-refractivity contribution >= 4 is 102 Å². The molecule has 0 unspecified atom stereocenters. The third kappa shape index (κ3) is 7.94. The minimum Gasteiger partial charge on any atom is -0.378 e. The Morgan fingerprint density at radius 3 is 0.597 bits per heavy atom. The Balaban J connectivity index is 0.000000124. The van der Waals surface area contributed by atoms with Crippen LogP contribution in [0.2, 0.25) is 0 Å². The molecular weight excluding hydrogens is 901 g/mol. The van der Waals surface area contributed by atoms with Crippen molar-refractivity contribution < 1.29 is 28.8 Å². The van der Waals surface area contributed by atoms with Crippen molar-refractivity contribution in [3.05, 3.63) is 215 Å². The van der Waals surface area contributed by atoms with E-state index in [1.165, 1.54) is 14.7 Å². The Kier molecular flexibility index (Phi) is 11.9. The SMILES string of the molecule is CN(C)c1ccc(N2C(=O)c3cccc4cccc(c34)C2=O)cc1.CN(C)c1ccc(N2C(=O)c3cccc4cccc(c34)C2=O)cc1.CN(C)c1ccc(N2C(=O)c3cccc4cccc(c34)C2=O)cc1. The van der Waals surface area contributed by atoms with E-state index in [4.69, 9.17) is 0 Å². The number of imide groups is 3. The fourth-order valence-electron chi connectivity index (χ4n) is 9.49. The molecule has 0 fully saturated rings. The van der Waals surface area contributed by atoms with Crippen LogP contribution < -0.4 is 29.4 Å². The van der Waals surface area contributed by atoms with Gasteiger partial charge < -0.3 is 14.7 Å². The largest absolute Gasteiger partial charge is 0.378 e. The lowest BCUT2D eigenvalue weighted by atomic mass is 9.94. The first-order valence-electron chi connectivity index (χ1n) is 23.3. The average Bonchev–Trinajstić information content (AvgIpc) is 3.39. The van der Waals surface area contributed by atoms with Gasteiger partial charge in [-0.3, -0.25) is 28.8 Å². The van der Waals surface area contributed by atoms with Crippen LogP contribution in [0.25, 0.3) is 32.3 Å². The Labute approximate surface area is 416 Å². The number of carbonyl (C=O) groups excluding carboxylic acids is 6. The second-order valence-corrected chi connectivity index (χ2v) is 18.2. The summed E-state index contributed by atoms with van der Waals surface area (Å²) in [7, 11) is 11.7. The number of nitrogens with zero attached hydrogens (tertiary/aromatic N) is 6. The fourth-order valence-corrected chi connectivity index (χ4v) is 9.49. The highest BCUT2D eigenvalue weighted by atomic mass is 16.2. The molecule has 12 heteroatoms. The second-order valence-electron chi connectivity index (χ2n) is 18.2. The van der Waals surface area contributed by atoms with E-state index >= 15 is 0 Å². The van der Waals surface area contributed by atoms with Crippen molar-refractivity contribution in [3.63, 3.8) is 0 Å². The summed E-state index contributed by atoms with van der Waals surface area (Å²) in [5.41, 5.74) is 8.21. The summed E-state index contributed by atoms with van der Waals surface area (Å²) in [5.74, 6) is -1.66. The van der Waals surface area contributed by atoms with Gasteiger partial charge in [-0.15, -0.1) is 0 Å². The first-order valence-corrected chi connectivity index (χ1v) is 23.3. The normalized spacial score (nSPS) is 13.5. The average molecular weight is 949 g/mol. The van der Waals surface area contributed by atoms with Crippen LogP contribution in [0.15, 0.2) is 182 Å². The highest BCUT2D eigenvalue weighted by molar-refractivity contribution is 6.38. The van der Waals surface area contributed by atoms with Crippen LogP contribution in [0.3, 0.4) is 0 Å². The lowest BCUT2D eigenvalue weighted by Gasteiger charge is -2.27. The van der Waals surface area contributed by atoms with Gasteiger partial charge in [0, 0.05) is 109 Å². The van der Waals surface area contributed by atoms with Gasteiger partial charge in [-0.25, -0.2) is 14.7 Å². The van der Waals surface area contributed by atoms with Crippen molar-refractivity contribution in [2.24, 2.45) is 0 Å². The third-order valence-corrected chi connectivity index (χ3v) is 13.2. The summed E-state index contributed by atoms with van der Waals surface area (Å²) in [5, 5.41) is 4.97. The van der Waals surface area contributed by atoms with Crippen molar-refractivity contribution in [1.29, 1.82) is 0 Å². The van der Waals surface area contributed by atoms with Crippen LogP contribution >= 0.6 is 0 Å². The zero-order valence-corrected chi connectivity index (χ0v) is 40.5. The first kappa shape index (κ1) is 46.3. The van der Waals surface area contributed by atoms with E-state index in [0.29, 0.717) is 50.4 Å². The number of benzene rings is 9. The number of anilines is 6. The topological polar surface area (TPSA) is 122 Å². The van der Waals surface area contributed by atoms with E-state index in [1.807, 2.05) is 166 Å². The molecule has 354 valence electrons. The van der Waals surface area contributed by atoms with Gasteiger partial charge in [-0.2, -0.15) is 0 Å². The van der Waals surface area contributed by atoms with Gasteiger partial charge in [0.25, 0.3) is 35.4 Å². The molecule has 0 aliphatic carbocycles. The van der Waals surface area contributed by atoms with E-state index in [-0.39, 0.29) is 35.4 Å². The molecule has 0 spiro atoms. The lowest BCUT2D eigenvalue weighted by molar-refractivity contribution is 0.0877. The molecule has 0 atom stereocenters. The Hall–Kier alpha value is -9.42. The van der Waals surface area contributed by atoms with Crippen LogP contribution in [-0.4, -0.2) is 77.7 Å². The summed E-state index contributed by atoms with van der Waals surface area (Å²) in [6, 6.07) is 55.5. The van der Waals surface area contributed by atoms with Crippen molar-refractivity contribution in [2.75, 3.05) is 71.7 Å². The maximum atomic E-state index is 12.9. The van der Waals surface area contributed by atoms with Gasteiger partial charge in [0.05, 0.1) is 17.1 Å². The summed E-state index contributed by atoms with van der Waals surface area (Å²) < 4.78 is 0. The summed E-state index contributed by atoms with van der Waals surface area (Å²) in [6.07, 6.45) is 0. The molecule has 0 aromatic heterocycles. The number of rotatable bonds is 6. The van der Waals surface area contributed by atoms with Gasteiger partial charge in [-0.1, -0.05) is 72.8 Å². The third-order valence-electron chi connectivity index (χ3n) is 13.2. The van der Waals surface area contributed by atoms with Crippen molar-refractivity contribution in [1.82, 2.24) is 0 Å². The predicted octanol–water partition coefficient (Wildman–Crippen LogP) is 11.1. The number of amides is 6. The molecule has 9 aromatic carbocycles. The van der Waals surface area contributed by atoms with E-state index in [0.717, 1.165) is 49.4 Å². The first-order chi connectivity index (χ1) is 34.7. The van der Waals surface area contributed by atoms with Gasteiger partial charge in [0.2, 0.25) is 0 Å². The van der Waals surface area contributed by atoms with E-state index in [9.17, 15) is 28.8 Å². The molecule has 6 amide bonds. The van der Waals surface area contributed by atoms with Crippen LogP contribution in [0.5, 0.6) is 0 Å². The van der Waals surface area contributed by atoms with Gasteiger partial charge >= 0.3 is 0 Å². The molecule has 0 N–H and O–H groups in total. The summed E-state index contributed by atoms with van der Waals surface area (Å²) in [4.78, 5) is 87.3. The lowest BCUT2D eigenvalue weighted by Crippen LogP contribution is -2.40. The number of hydrogen-bond acceptors (Lipinski definition) is 9. The van der Waals surface area contributed by atoms with Gasteiger partial charge in [-0.05, 0) is 125 Å².